The molecule has 0 saturated carbocycles. The van der Waals surface area contributed by atoms with E-state index >= 15 is 0 Å². The number of alkyl halides is 2. The molecule has 0 amide bonds. The van der Waals surface area contributed by atoms with Gasteiger partial charge in [0.25, 0.3) is 0 Å². The van der Waals surface area contributed by atoms with Gasteiger partial charge >= 0.3 is 11.9 Å². The third kappa shape index (κ3) is 2.81. The van der Waals surface area contributed by atoms with Gasteiger partial charge in [-0.1, -0.05) is 12.1 Å². The zero-order valence-electron chi connectivity index (χ0n) is 9.69. The molecule has 1 rings (SSSR count). The Balaban J connectivity index is 3.01. The molecular weight excluding hydrogens is 242 g/mol. The summed E-state index contributed by atoms with van der Waals surface area (Å²) in [7, 11) is 0. The minimum Gasteiger partial charge on any atom is -0.462 e. The Kier molecular flexibility index (Phi) is 4.34. The Hall–Kier alpha value is -2.00. The summed E-state index contributed by atoms with van der Waals surface area (Å²) in [5, 5.41) is 8.67. The summed E-state index contributed by atoms with van der Waals surface area (Å²) < 4.78 is 31.5. The van der Waals surface area contributed by atoms with Gasteiger partial charge in [0.2, 0.25) is 0 Å². The topological polar surface area (TPSA) is 76.1 Å². The SMILES string of the molecule is CCOC(=O)C(F)(F)[C@H](N)c1cccc(C#N)c1. The highest BCUT2D eigenvalue weighted by molar-refractivity contribution is 5.78. The van der Waals surface area contributed by atoms with Crippen LogP contribution in [0.15, 0.2) is 24.3 Å². The number of ether oxygens (including phenoxy) is 1. The van der Waals surface area contributed by atoms with Crippen molar-refractivity contribution in [2.45, 2.75) is 18.9 Å². The van der Waals surface area contributed by atoms with E-state index in [0.717, 1.165) is 0 Å². The van der Waals surface area contributed by atoms with Crippen LogP contribution in [0.5, 0.6) is 0 Å². The molecule has 1 aromatic rings. The molecule has 0 aliphatic carbocycles. The molecule has 0 unspecified atom stereocenters. The number of nitriles is 1. The number of benzene rings is 1. The van der Waals surface area contributed by atoms with Gasteiger partial charge in [-0.2, -0.15) is 14.0 Å². The minimum absolute atomic E-state index is 0.00658. The summed E-state index contributed by atoms with van der Waals surface area (Å²) in [5.41, 5.74) is 5.57. The second-order valence-electron chi connectivity index (χ2n) is 3.56. The van der Waals surface area contributed by atoms with Gasteiger partial charge < -0.3 is 10.5 Å². The molecule has 0 spiro atoms. The number of hydrogen-bond donors (Lipinski definition) is 1. The van der Waals surface area contributed by atoms with Crippen LogP contribution >= 0.6 is 0 Å². The summed E-state index contributed by atoms with van der Waals surface area (Å²) in [4.78, 5) is 11.1. The van der Waals surface area contributed by atoms with Gasteiger partial charge in [-0.25, -0.2) is 4.79 Å². The van der Waals surface area contributed by atoms with Crippen molar-refractivity contribution in [1.29, 1.82) is 5.26 Å². The molecule has 0 aliphatic heterocycles. The van der Waals surface area contributed by atoms with Gasteiger partial charge in [-0.3, -0.25) is 0 Å². The van der Waals surface area contributed by atoms with Gasteiger partial charge in [0.1, 0.15) is 6.04 Å². The van der Waals surface area contributed by atoms with E-state index in [1.807, 2.05) is 6.07 Å². The monoisotopic (exact) mass is 254 g/mol. The third-order valence-electron chi connectivity index (χ3n) is 2.31. The maximum atomic E-state index is 13.6. The molecular formula is C12H12F2N2O2. The van der Waals surface area contributed by atoms with E-state index in [4.69, 9.17) is 11.0 Å². The number of esters is 1. The van der Waals surface area contributed by atoms with E-state index in [0.29, 0.717) is 0 Å². The molecule has 4 nitrogen and oxygen atoms in total. The Bertz CT molecular complexity index is 483. The van der Waals surface area contributed by atoms with Crippen LogP contribution in [-0.2, 0) is 9.53 Å². The van der Waals surface area contributed by atoms with Gasteiger partial charge in [-0.05, 0) is 24.6 Å². The van der Waals surface area contributed by atoms with Crippen molar-refractivity contribution in [3.63, 3.8) is 0 Å². The van der Waals surface area contributed by atoms with Gasteiger partial charge in [0, 0.05) is 0 Å². The van der Waals surface area contributed by atoms with Crippen LogP contribution in [0.2, 0.25) is 0 Å². The van der Waals surface area contributed by atoms with E-state index in [2.05, 4.69) is 4.74 Å². The first-order valence-corrected chi connectivity index (χ1v) is 5.24. The predicted molar refractivity (Wildman–Crippen MR) is 59.7 cm³/mol. The lowest BCUT2D eigenvalue weighted by atomic mass is 10.00. The molecule has 18 heavy (non-hydrogen) atoms. The van der Waals surface area contributed by atoms with E-state index in [1.165, 1.54) is 31.2 Å². The lowest BCUT2D eigenvalue weighted by Gasteiger charge is -2.21. The Labute approximate surface area is 103 Å². The number of nitrogens with two attached hydrogens (primary N) is 1. The zero-order valence-corrected chi connectivity index (χ0v) is 9.69. The average molecular weight is 254 g/mol. The van der Waals surface area contributed by atoms with Crippen LogP contribution in [0.25, 0.3) is 0 Å². The molecule has 0 radical (unpaired) electrons. The highest BCUT2D eigenvalue weighted by atomic mass is 19.3. The summed E-state index contributed by atoms with van der Waals surface area (Å²) in [6, 6.07) is 5.40. The molecule has 0 aromatic heterocycles. The van der Waals surface area contributed by atoms with E-state index < -0.39 is 17.9 Å². The van der Waals surface area contributed by atoms with Crippen molar-refractivity contribution in [3.8, 4) is 6.07 Å². The first-order valence-electron chi connectivity index (χ1n) is 5.24. The minimum atomic E-state index is -3.83. The van der Waals surface area contributed by atoms with Crippen LogP contribution in [0.4, 0.5) is 8.78 Å². The molecule has 96 valence electrons. The lowest BCUT2D eigenvalue weighted by molar-refractivity contribution is -0.174. The number of halogens is 2. The van der Waals surface area contributed by atoms with Gasteiger partial charge in [0.15, 0.2) is 0 Å². The van der Waals surface area contributed by atoms with Crippen molar-refractivity contribution < 1.29 is 18.3 Å². The van der Waals surface area contributed by atoms with Crippen molar-refractivity contribution in [3.05, 3.63) is 35.4 Å². The fourth-order valence-electron chi connectivity index (χ4n) is 1.37. The van der Waals surface area contributed by atoms with Crippen molar-refractivity contribution in [2.75, 3.05) is 6.61 Å². The zero-order chi connectivity index (χ0) is 13.8. The van der Waals surface area contributed by atoms with Crippen LogP contribution in [0, 0.1) is 11.3 Å². The van der Waals surface area contributed by atoms with Crippen molar-refractivity contribution in [1.82, 2.24) is 0 Å². The van der Waals surface area contributed by atoms with E-state index in [1.54, 1.807) is 0 Å². The predicted octanol–water partition coefficient (Wildman–Crippen LogP) is 1.76. The molecule has 1 aromatic carbocycles. The Morgan fingerprint density at radius 2 is 2.28 bits per heavy atom. The number of carbonyl (C=O) groups excluding carboxylic acids is 1. The van der Waals surface area contributed by atoms with E-state index in [-0.39, 0.29) is 17.7 Å². The standard InChI is InChI=1S/C12H12F2N2O2/c1-2-18-11(17)12(13,14)10(16)9-5-3-4-8(6-9)7-15/h3-6,10H,2,16H2,1H3/t10-/m1/s1. The highest BCUT2D eigenvalue weighted by Gasteiger charge is 2.47. The highest BCUT2D eigenvalue weighted by Crippen LogP contribution is 2.30. The Morgan fingerprint density at radius 1 is 1.61 bits per heavy atom. The van der Waals surface area contributed by atoms with E-state index in [9.17, 15) is 13.6 Å². The van der Waals surface area contributed by atoms with Gasteiger partial charge in [0.05, 0.1) is 18.2 Å². The molecule has 0 saturated heterocycles. The number of carbonyl (C=O) groups is 1. The summed E-state index contributed by atoms with van der Waals surface area (Å²) in [6.07, 6.45) is 0. The largest absolute Gasteiger partial charge is 0.462 e. The maximum Gasteiger partial charge on any atom is 0.379 e. The normalized spacial score (nSPS) is 12.6. The fourth-order valence-corrected chi connectivity index (χ4v) is 1.37. The van der Waals surface area contributed by atoms with Gasteiger partial charge in [-0.15, -0.1) is 0 Å². The lowest BCUT2D eigenvalue weighted by Crippen LogP contribution is -2.41. The van der Waals surface area contributed by atoms with Crippen LogP contribution < -0.4 is 5.73 Å². The Morgan fingerprint density at radius 3 is 2.83 bits per heavy atom. The fraction of sp³-hybridized carbons (Fsp3) is 0.333. The second kappa shape index (κ2) is 5.56. The smallest absolute Gasteiger partial charge is 0.379 e. The number of rotatable bonds is 4. The molecule has 0 fully saturated rings. The average Bonchev–Trinajstić information content (AvgIpc) is 2.38. The van der Waals surface area contributed by atoms with Crippen molar-refractivity contribution in [2.24, 2.45) is 5.73 Å². The summed E-state index contributed by atoms with van der Waals surface area (Å²) in [5.74, 6) is -5.50. The van der Waals surface area contributed by atoms with Crippen LogP contribution in [0.1, 0.15) is 24.1 Å². The molecule has 1 atom stereocenters. The third-order valence-corrected chi connectivity index (χ3v) is 2.31. The second-order valence-corrected chi connectivity index (χ2v) is 3.56. The van der Waals surface area contributed by atoms with Crippen LogP contribution in [-0.4, -0.2) is 18.5 Å². The molecule has 0 heterocycles. The van der Waals surface area contributed by atoms with Crippen molar-refractivity contribution >= 4 is 5.97 Å². The molecule has 2 N–H and O–H groups in total. The quantitative estimate of drug-likeness (QED) is 0.830. The maximum absolute atomic E-state index is 13.6. The molecule has 0 bridgehead atoms. The summed E-state index contributed by atoms with van der Waals surface area (Å²) in [6.45, 7) is 1.27. The first-order chi connectivity index (χ1) is 8.43. The first kappa shape index (κ1) is 14.1. The summed E-state index contributed by atoms with van der Waals surface area (Å²) >= 11 is 0. The number of hydrogen-bond acceptors (Lipinski definition) is 4. The molecule has 6 heteroatoms. The number of nitrogens with zero attached hydrogens (tertiary/aromatic N) is 1. The van der Waals surface area contributed by atoms with Crippen LogP contribution in [0.3, 0.4) is 0 Å². The molecule has 0 aliphatic rings.